The van der Waals surface area contributed by atoms with Crippen LogP contribution >= 0.6 is 7.60 Å². The SMILES string of the molecule is CCOc1cc(OCC)cc(C(Nc2ccc(C(=N)N)cc2)P(=O)(O)OC)c1. The summed E-state index contributed by atoms with van der Waals surface area (Å²) in [5.74, 6) is -0.0598. The van der Waals surface area contributed by atoms with Crippen molar-refractivity contribution in [3.8, 4) is 11.5 Å². The molecule has 0 aliphatic heterocycles. The molecule has 2 unspecified atom stereocenters. The lowest BCUT2D eigenvalue weighted by Gasteiger charge is -2.25. The van der Waals surface area contributed by atoms with E-state index in [1.165, 1.54) is 7.11 Å². The van der Waals surface area contributed by atoms with Crippen molar-refractivity contribution in [1.82, 2.24) is 0 Å². The average Bonchev–Trinajstić information content (AvgIpc) is 2.66. The second kappa shape index (κ2) is 9.59. The highest BCUT2D eigenvalue weighted by atomic mass is 31.2. The van der Waals surface area contributed by atoms with Crippen LogP contribution in [0, 0.1) is 5.41 Å². The Morgan fingerprint density at radius 3 is 2.11 bits per heavy atom. The minimum atomic E-state index is -4.07. The topological polar surface area (TPSA) is 127 Å². The highest BCUT2D eigenvalue weighted by molar-refractivity contribution is 7.53. The molecule has 2 rings (SSSR count). The van der Waals surface area contributed by atoms with Gasteiger partial charge in [-0.15, -0.1) is 0 Å². The van der Waals surface area contributed by atoms with Gasteiger partial charge in [-0.1, -0.05) is 0 Å². The fourth-order valence-electron chi connectivity index (χ4n) is 2.61. The van der Waals surface area contributed by atoms with Gasteiger partial charge < -0.3 is 29.9 Å². The van der Waals surface area contributed by atoms with Crippen molar-refractivity contribution >= 4 is 19.1 Å². The number of hydrogen-bond donors (Lipinski definition) is 4. The Hall–Kier alpha value is -2.54. The highest BCUT2D eigenvalue weighted by Crippen LogP contribution is 2.56. The first kappa shape index (κ1) is 21.8. The van der Waals surface area contributed by atoms with E-state index in [1.54, 1.807) is 42.5 Å². The van der Waals surface area contributed by atoms with Gasteiger partial charge >= 0.3 is 7.60 Å². The monoisotopic (exact) mass is 407 g/mol. The molecule has 0 spiro atoms. The van der Waals surface area contributed by atoms with Gasteiger partial charge in [0.05, 0.1) is 13.2 Å². The van der Waals surface area contributed by atoms with Crippen molar-refractivity contribution < 1.29 is 23.5 Å². The number of ether oxygens (including phenoxy) is 2. The van der Waals surface area contributed by atoms with E-state index in [0.29, 0.717) is 41.5 Å². The van der Waals surface area contributed by atoms with E-state index in [4.69, 9.17) is 25.1 Å². The summed E-state index contributed by atoms with van der Waals surface area (Å²) in [6.45, 7) is 4.60. The van der Waals surface area contributed by atoms with Gasteiger partial charge in [0, 0.05) is 24.4 Å². The zero-order valence-electron chi connectivity index (χ0n) is 16.1. The van der Waals surface area contributed by atoms with Crippen LogP contribution in [0.15, 0.2) is 42.5 Å². The van der Waals surface area contributed by atoms with Gasteiger partial charge in [-0.2, -0.15) is 0 Å². The predicted molar refractivity (Wildman–Crippen MR) is 109 cm³/mol. The van der Waals surface area contributed by atoms with E-state index in [2.05, 4.69) is 5.32 Å². The summed E-state index contributed by atoms with van der Waals surface area (Å²) in [5, 5.41) is 10.5. The molecule has 0 radical (unpaired) electrons. The summed E-state index contributed by atoms with van der Waals surface area (Å²) in [6.07, 6.45) is 0. The predicted octanol–water partition coefficient (Wildman–Crippen LogP) is 3.71. The summed E-state index contributed by atoms with van der Waals surface area (Å²) in [6, 6.07) is 11.7. The van der Waals surface area contributed by atoms with Crippen LogP contribution in [0.4, 0.5) is 5.69 Å². The molecule has 2 aromatic rings. The summed E-state index contributed by atoms with van der Waals surface area (Å²) < 4.78 is 28.8. The molecule has 28 heavy (non-hydrogen) atoms. The first-order valence-corrected chi connectivity index (χ1v) is 10.4. The number of anilines is 1. The van der Waals surface area contributed by atoms with Crippen molar-refractivity contribution in [2.24, 2.45) is 5.73 Å². The molecule has 0 bridgehead atoms. The van der Waals surface area contributed by atoms with Crippen LogP contribution in [0.5, 0.6) is 11.5 Å². The van der Waals surface area contributed by atoms with Gasteiger partial charge in [0.1, 0.15) is 17.3 Å². The van der Waals surface area contributed by atoms with Gasteiger partial charge in [0.15, 0.2) is 5.78 Å². The van der Waals surface area contributed by atoms with Crippen LogP contribution in [-0.4, -0.2) is 31.1 Å². The van der Waals surface area contributed by atoms with Crippen molar-refractivity contribution in [3.63, 3.8) is 0 Å². The van der Waals surface area contributed by atoms with E-state index in [-0.39, 0.29) is 5.84 Å². The normalized spacial score (nSPS) is 14.0. The highest BCUT2D eigenvalue weighted by Gasteiger charge is 2.34. The van der Waals surface area contributed by atoms with Gasteiger partial charge in [0.25, 0.3) is 0 Å². The molecule has 0 saturated carbocycles. The van der Waals surface area contributed by atoms with Crippen LogP contribution in [0.2, 0.25) is 0 Å². The molecule has 0 heterocycles. The molecule has 0 aliphatic rings. The Bertz CT molecular complexity index is 833. The number of benzene rings is 2. The van der Waals surface area contributed by atoms with E-state index >= 15 is 0 Å². The summed E-state index contributed by atoms with van der Waals surface area (Å²) in [7, 11) is -2.88. The van der Waals surface area contributed by atoms with Gasteiger partial charge in [-0.3, -0.25) is 9.97 Å². The summed E-state index contributed by atoms with van der Waals surface area (Å²) in [4.78, 5) is 10.4. The van der Waals surface area contributed by atoms with Crippen molar-refractivity contribution in [1.29, 1.82) is 5.41 Å². The molecule has 0 saturated heterocycles. The second-order valence-corrected chi connectivity index (χ2v) is 7.90. The zero-order chi connectivity index (χ0) is 20.7. The van der Waals surface area contributed by atoms with Gasteiger partial charge in [0.2, 0.25) is 0 Å². The van der Waals surface area contributed by atoms with Gasteiger partial charge in [-0.25, -0.2) is 0 Å². The van der Waals surface area contributed by atoms with Gasteiger partial charge in [-0.05, 0) is 55.8 Å². The van der Waals surface area contributed by atoms with Crippen LogP contribution in [0.3, 0.4) is 0 Å². The maximum atomic E-state index is 12.7. The fourth-order valence-corrected chi connectivity index (χ4v) is 3.66. The molecule has 152 valence electrons. The number of nitrogens with one attached hydrogen (secondary N) is 2. The van der Waals surface area contributed by atoms with E-state index < -0.39 is 13.4 Å². The Labute approximate surface area is 164 Å². The van der Waals surface area contributed by atoms with E-state index in [0.717, 1.165) is 0 Å². The molecule has 0 aromatic heterocycles. The minimum absolute atomic E-state index is 0.0569. The lowest BCUT2D eigenvalue weighted by molar-refractivity contribution is 0.306. The molecule has 5 N–H and O–H groups in total. The molecule has 2 aromatic carbocycles. The third-order valence-electron chi connectivity index (χ3n) is 3.93. The molecule has 0 fully saturated rings. The fraction of sp³-hybridized carbons (Fsp3) is 0.316. The summed E-state index contributed by atoms with van der Waals surface area (Å²) >= 11 is 0. The minimum Gasteiger partial charge on any atom is -0.494 e. The molecule has 0 aliphatic carbocycles. The lowest BCUT2D eigenvalue weighted by atomic mass is 10.1. The number of nitrogens with two attached hydrogens (primary N) is 1. The molecule has 0 amide bonds. The van der Waals surface area contributed by atoms with Crippen molar-refractivity contribution in [2.75, 3.05) is 25.6 Å². The maximum Gasteiger partial charge on any atom is 0.354 e. The lowest BCUT2D eigenvalue weighted by Crippen LogP contribution is -2.14. The van der Waals surface area contributed by atoms with E-state index in [1.807, 2.05) is 13.8 Å². The Balaban J connectivity index is 2.45. The van der Waals surface area contributed by atoms with Crippen LogP contribution in [0.25, 0.3) is 0 Å². The maximum absolute atomic E-state index is 12.7. The number of nitrogen functional groups attached to an aromatic ring is 1. The molecule has 8 nitrogen and oxygen atoms in total. The third kappa shape index (κ3) is 5.48. The average molecular weight is 407 g/mol. The molecule has 2 atom stereocenters. The summed E-state index contributed by atoms with van der Waals surface area (Å²) in [5.41, 5.74) is 7.08. The van der Waals surface area contributed by atoms with Crippen LogP contribution < -0.4 is 20.5 Å². The third-order valence-corrected chi connectivity index (χ3v) is 5.53. The molecular formula is C19H26N3O5P. The van der Waals surface area contributed by atoms with Crippen LogP contribution in [0.1, 0.15) is 30.8 Å². The standard InChI is InChI=1S/C19H26N3O5P/c1-4-26-16-10-14(11-17(12-16)27-5-2)19(28(23,24)25-3)22-15-8-6-13(7-9-15)18(20)21/h6-12,19,22H,4-5H2,1-3H3,(H3,20,21)(H,23,24). The number of hydrogen-bond acceptors (Lipinski definition) is 6. The number of rotatable bonds is 10. The van der Waals surface area contributed by atoms with Crippen molar-refractivity contribution in [2.45, 2.75) is 19.6 Å². The first-order chi connectivity index (χ1) is 13.3. The zero-order valence-corrected chi connectivity index (χ0v) is 17.0. The van der Waals surface area contributed by atoms with E-state index in [9.17, 15) is 9.46 Å². The smallest absolute Gasteiger partial charge is 0.354 e. The van der Waals surface area contributed by atoms with Crippen molar-refractivity contribution in [3.05, 3.63) is 53.6 Å². The Morgan fingerprint density at radius 2 is 1.68 bits per heavy atom. The quantitative estimate of drug-likeness (QED) is 0.269. The largest absolute Gasteiger partial charge is 0.494 e. The van der Waals surface area contributed by atoms with Crippen LogP contribution in [-0.2, 0) is 9.09 Å². The first-order valence-electron chi connectivity index (χ1n) is 8.80. The molecular weight excluding hydrogens is 381 g/mol. The second-order valence-electron chi connectivity index (χ2n) is 5.89. The Morgan fingerprint density at radius 1 is 1.14 bits per heavy atom. The molecule has 9 heteroatoms. The number of amidine groups is 1. The Kier molecular flexibility index (Phi) is 7.45.